The van der Waals surface area contributed by atoms with Crippen LogP contribution in [0.1, 0.15) is 20.3 Å². The third kappa shape index (κ3) is 2.73. The molecule has 0 aromatic carbocycles. The molecule has 0 saturated heterocycles. The maximum Gasteiger partial charge on any atom is 0.429 e. The lowest BCUT2D eigenvalue weighted by molar-refractivity contribution is -0.203. The molecule has 6 heteroatoms. The van der Waals surface area contributed by atoms with Crippen molar-refractivity contribution in [2.45, 2.75) is 32.5 Å². The first-order valence-electron chi connectivity index (χ1n) is 6.30. The summed E-state index contributed by atoms with van der Waals surface area (Å²) in [4.78, 5) is 11.0. The van der Waals surface area contributed by atoms with Gasteiger partial charge in [0, 0.05) is 5.92 Å². The summed E-state index contributed by atoms with van der Waals surface area (Å²) in [5.74, 6) is -1.64. The number of fused-ring (bicyclic) bond motifs is 1. The number of carboxylic acids is 1. The summed E-state index contributed by atoms with van der Waals surface area (Å²) in [6, 6.07) is 0. The van der Waals surface area contributed by atoms with Crippen LogP contribution in [-0.2, 0) is 9.53 Å². The molecule has 1 aliphatic heterocycles. The molecule has 110 valence electrons. The van der Waals surface area contributed by atoms with Crippen molar-refractivity contribution in [2.24, 2.45) is 11.8 Å². The van der Waals surface area contributed by atoms with Crippen LogP contribution in [0.5, 0.6) is 0 Å². The molecule has 3 nitrogen and oxygen atoms in total. The molecule has 0 radical (unpaired) electrons. The minimum absolute atomic E-state index is 0.182. The van der Waals surface area contributed by atoms with Crippen LogP contribution in [0.4, 0.5) is 13.2 Å². The number of hydrogen-bond acceptors (Lipinski definition) is 2. The van der Waals surface area contributed by atoms with Crippen molar-refractivity contribution in [1.82, 2.24) is 0 Å². The monoisotopic (exact) mass is 288 g/mol. The Kier molecular flexibility index (Phi) is 3.67. The Bertz CT molecular complexity index is 512. The van der Waals surface area contributed by atoms with Crippen LogP contribution in [0, 0.1) is 11.8 Å². The van der Waals surface area contributed by atoms with Crippen LogP contribution < -0.4 is 0 Å². The van der Waals surface area contributed by atoms with E-state index >= 15 is 0 Å². The van der Waals surface area contributed by atoms with E-state index in [4.69, 9.17) is 9.84 Å². The van der Waals surface area contributed by atoms with Gasteiger partial charge in [-0.1, -0.05) is 26.0 Å². The van der Waals surface area contributed by atoms with E-state index in [0.717, 1.165) is 11.6 Å². The van der Waals surface area contributed by atoms with Crippen molar-refractivity contribution in [2.75, 3.05) is 0 Å². The van der Waals surface area contributed by atoms with Crippen molar-refractivity contribution in [3.63, 3.8) is 0 Å². The van der Waals surface area contributed by atoms with Crippen molar-refractivity contribution in [3.8, 4) is 0 Å². The van der Waals surface area contributed by atoms with E-state index in [1.807, 2.05) is 19.9 Å². The minimum atomic E-state index is -4.74. The van der Waals surface area contributed by atoms with Gasteiger partial charge in [0.2, 0.25) is 6.10 Å². The molecule has 0 aromatic heterocycles. The van der Waals surface area contributed by atoms with Crippen LogP contribution >= 0.6 is 0 Å². The first-order valence-corrected chi connectivity index (χ1v) is 6.30. The summed E-state index contributed by atoms with van der Waals surface area (Å²) in [7, 11) is 0. The Balaban J connectivity index is 2.38. The summed E-state index contributed by atoms with van der Waals surface area (Å²) < 4.78 is 43.6. The van der Waals surface area contributed by atoms with Crippen molar-refractivity contribution in [1.29, 1.82) is 0 Å². The molecule has 0 fully saturated rings. The van der Waals surface area contributed by atoms with E-state index in [1.54, 1.807) is 6.08 Å². The average Bonchev–Trinajstić information content (AvgIpc) is 2.35. The summed E-state index contributed by atoms with van der Waals surface area (Å²) in [5, 5.41) is 8.92. The van der Waals surface area contributed by atoms with E-state index in [2.05, 4.69) is 0 Å². The van der Waals surface area contributed by atoms with Gasteiger partial charge in [-0.15, -0.1) is 0 Å². The van der Waals surface area contributed by atoms with Gasteiger partial charge in [0.1, 0.15) is 5.76 Å². The fourth-order valence-electron chi connectivity index (χ4n) is 2.31. The first-order chi connectivity index (χ1) is 9.20. The molecular weight excluding hydrogens is 273 g/mol. The number of rotatable bonds is 2. The largest absolute Gasteiger partial charge is 0.480 e. The number of ether oxygens (including phenoxy) is 1. The normalized spacial score (nSPS) is 26.2. The maximum absolute atomic E-state index is 12.9. The smallest absolute Gasteiger partial charge is 0.429 e. The number of aliphatic carboxylic acids is 1. The van der Waals surface area contributed by atoms with Crippen LogP contribution in [0.15, 0.2) is 35.1 Å². The summed E-state index contributed by atoms with van der Waals surface area (Å²) in [6.07, 6.45) is -2.02. The highest BCUT2D eigenvalue weighted by molar-refractivity contribution is 5.88. The fourth-order valence-corrected chi connectivity index (χ4v) is 2.31. The molecule has 2 atom stereocenters. The van der Waals surface area contributed by atoms with Gasteiger partial charge in [-0.3, -0.25) is 0 Å². The number of hydrogen-bond donors (Lipinski definition) is 1. The summed E-state index contributed by atoms with van der Waals surface area (Å²) >= 11 is 0. The number of allylic oxidation sites excluding steroid dienone is 4. The molecule has 0 bridgehead atoms. The molecule has 0 saturated carbocycles. The molecule has 2 aliphatic rings. The highest BCUT2D eigenvalue weighted by atomic mass is 19.4. The molecule has 0 spiro atoms. The number of alkyl halides is 3. The predicted octanol–water partition coefficient (Wildman–Crippen LogP) is 3.44. The molecule has 2 unspecified atom stereocenters. The van der Waals surface area contributed by atoms with E-state index in [-0.39, 0.29) is 11.7 Å². The second-order valence-electron chi connectivity index (χ2n) is 5.21. The van der Waals surface area contributed by atoms with Crippen LogP contribution in [0.25, 0.3) is 0 Å². The number of carbonyl (C=O) groups is 1. The zero-order chi connectivity index (χ0) is 15.1. The zero-order valence-corrected chi connectivity index (χ0v) is 11.1. The Morgan fingerprint density at radius 3 is 2.60 bits per heavy atom. The number of halogens is 3. The second kappa shape index (κ2) is 5.00. The van der Waals surface area contributed by atoms with E-state index in [0.29, 0.717) is 6.42 Å². The Morgan fingerprint density at radius 2 is 2.10 bits per heavy atom. The molecule has 1 N–H and O–H groups in total. The van der Waals surface area contributed by atoms with E-state index in [9.17, 15) is 18.0 Å². The molecular formula is C14H15F3O3. The van der Waals surface area contributed by atoms with Gasteiger partial charge < -0.3 is 9.84 Å². The molecule has 1 aliphatic carbocycles. The lowest BCUT2D eigenvalue weighted by Crippen LogP contribution is -2.40. The van der Waals surface area contributed by atoms with Gasteiger partial charge in [0.25, 0.3) is 0 Å². The second-order valence-corrected chi connectivity index (χ2v) is 5.21. The number of carboxylic acid groups (broad SMARTS) is 1. The highest BCUT2D eigenvalue weighted by Crippen LogP contribution is 2.40. The summed E-state index contributed by atoms with van der Waals surface area (Å²) in [5.41, 5.74) is 0.172. The van der Waals surface area contributed by atoms with Crippen LogP contribution in [0.3, 0.4) is 0 Å². The SMILES string of the molecule is CC(C)C1=CCC2C=C(C(=O)O)C(C(F)(F)F)OC2=C1. The lowest BCUT2D eigenvalue weighted by Gasteiger charge is -2.33. The predicted molar refractivity (Wildman–Crippen MR) is 65.8 cm³/mol. The van der Waals surface area contributed by atoms with Gasteiger partial charge >= 0.3 is 12.1 Å². The van der Waals surface area contributed by atoms with Crippen molar-refractivity contribution < 1.29 is 27.8 Å². The maximum atomic E-state index is 12.9. The third-order valence-corrected chi connectivity index (χ3v) is 3.41. The van der Waals surface area contributed by atoms with Gasteiger partial charge in [-0.05, 0) is 24.0 Å². The molecule has 0 aromatic rings. The van der Waals surface area contributed by atoms with Gasteiger partial charge in [-0.2, -0.15) is 13.2 Å². The zero-order valence-electron chi connectivity index (χ0n) is 11.1. The van der Waals surface area contributed by atoms with Gasteiger partial charge in [0.15, 0.2) is 0 Å². The van der Waals surface area contributed by atoms with Crippen molar-refractivity contribution in [3.05, 3.63) is 35.1 Å². The highest BCUT2D eigenvalue weighted by Gasteiger charge is 2.49. The lowest BCUT2D eigenvalue weighted by atomic mass is 9.86. The molecule has 0 amide bonds. The van der Waals surface area contributed by atoms with E-state index in [1.165, 1.54) is 0 Å². The molecule has 20 heavy (non-hydrogen) atoms. The Hall–Kier alpha value is -1.72. The standard InChI is InChI=1S/C14H15F3O3/c1-7(2)8-3-4-9-5-10(13(18)19)12(14(15,16)17)20-11(9)6-8/h3,5-7,9,12H,4H2,1-2H3,(H,18,19). The topological polar surface area (TPSA) is 46.5 Å². The minimum Gasteiger partial charge on any atom is -0.480 e. The third-order valence-electron chi connectivity index (χ3n) is 3.41. The molecule has 2 rings (SSSR count). The Labute approximate surface area is 114 Å². The molecule has 1 heterocycles. The van der Waals surface area contributed by atoms with Gasteiger partial charge in [-0.25, -0.2) is 4.79 Å². The van der Waals surface area contributed by atoms with Crippen LogP contribution in [-0.4, -0.2) is 23.4 Å². The quantitative estimate of drug-likeness (QED) is 0.846. The summed E-state index contributed by atoms with van der Waals surface area (Å²) in [6.45, 7) is 3.87. The Morgan fingerprint density at radius 1 is 1.45 bits per heavy atom. The van der Waals surface area contributed by atoms with Gasteiger partial charge in [0.05, 0.1) is 5.57 Å². The van der Waals surface area contributed by atoms with E-state index < -0.39 is 29.7 Å². The fraction of sp³-hybridized carbons (Fsp3) is 0.500. The van der Waals surface area contributed by atoms with Crippen LogP contribution in [0.2, 0.25) is 0 Å². The van der Waals surface area contributed by atoms with Crippen molar-refractivity contribution >= 4 is 5.97 Å². The first kappa shape index (κ1) is 14.7. The average molecular weight is 288 g/mol.